The number of nitrogens with zero attached hydrogens (tertiary/aromatic N) is 5. The van der Waals surface area contributed by atoms with Gasteiger partial charge < -0.3 is 15.4 Å². The van der Waals surface area contributed by atoms with Crippen LogP contribution in [0.1, 0.15) is 34.8 Å². The molecule has 1 fully saturated rings. The number of hydrogen-bond donors (Lipinski definition) is 1. The molecule has 8 nitrogen and oxygen atoms in total. The molecule has 1 aliphatic rings. The molecule has 1 aromatic carbocycles. The molecule has 3 heterocycles. The van der Waals surface area contributed by atoms with Crippen LogP contribution in [-0.2, 0) is 7.05 Å². The third-order valence-electron chi connectivity index (χ3n) is 5.29. The Balaban J connectivity index is 1.63. The third kappa shape index (κ3) is 3.91. The lowest BCUT2D eigenvalue weighted by molar-refractivity contribution is 0.0706. The molecule has 1 amide bonds. The minimum atomic E-state index is -0.00387. The van der Waals surface area contributed by atoms with Crippen molar-refractivity contribution in [3.05, 3.63) is 54.1 Å². The molecule has 2 aromatic heterocycles. The Morgan fingerprint density at radius 1 is 1.24 bits per heavy atom. The standard InChI is InChI=1S/C21H24N6O2/c1-26-12-16(10-24-26)20(28)27-9-3-4-15(13-27)19-18(11-23-21(22)25-19)14-5-7-17(29-2)8-6-14/h5-8,10-12,15H,3-4,9,13H2,1-2H3,(H2,22,23,25)/t15-/m0/s1. The fourth-order valence-electron chi connectivity index (χ4n) is 3.81. The number of nitrogen functional groups attached to an aromatic ring is 1. The maximum Gasteiger partial charge on any atom is 0.257 e. The summed E-state index contributed by atoms with van der Waals surface area (Å²) in [4.78, 5) is 23.5. The molecule has 8 heteroatoms. The van der Waals surface area contributed by atoms with Crippen LogP contribution >= 0.6 is 0 Å². The number of carbonyl (C=O) groups excluding carboxylic acids is 1. The van der Waals surface area contributed by atoms with Gasteiger partial charge in [0.2, 0.25) is 5.95 Å². The first-order valence-corrected chi connectivity index (χ1v) is 9.60. The second-order valence-corrected chi connectivity index (χ2v) is 7.25. The molecule has 29 heavy (non-hydrogen) atoms. The van der Waals surface area contributed by atoms with E-state index in [1.54, 1.807) is 37.4 Å². The highest BCUT2D eigenvalue weighted by Crippen LogP contribution is 2.34. The van der Waals surface area contributed by atoms with E-state index < -0.39 is 0 Å². The highest BCUT2D eigenvalue weighted by molar-refractivity contribution is 5.93. The van der Waals surface area contributed by atoms with Crippen LogP contribution in [0.4, 0.5) is 5.95 Å². The molecular weight excluding hydrogens is 368 g/mol. The van der Waals surface area contributed by atoms with Gasteiger partial charge >= 0.3 is 0 Å². The first kappa shape index (κ1) is 18.9. The van der Waals surface area contributed by atoms with Gasteiger partial charge in [0, 0.05) is 44.0 Å². The van der Waals surface area contributed by atoms with Crippen molar-refractivity contribution in [1.82, 2.24) is 24.6 Å². The van der Waals surface area contributed by atoms with E-state index in [9.17, 15) is 4.79 Å². The summed E-state index contributed by atoms with van der Waals surface area (Å²) in [6.07, 6.45) is 6.97. The van der Waals surface area contributed by atoms with Crippen molar-refractivity contribution < 1.29 is 9.53 Å². The lowest BCUT2D eigenvalue weighted by Gasteiger charge is -2.33. The number of benzene rings is 1. The molecule has 1 aliphatic heterocycles. The van der Waals surface area contributed by atoms with Crippen molar-refractivity contribution in [2.24, 2.45) is 7.05 Å². The summed E-state index contributed by atoms with van der Waals surface area (Å²) in [5, 5.41) is 4.11. The Morgan fingerprint density at radius 2 is 2.03 bits per heavy atom. The molecule has 3 aromatic rings. The van der Waals surface area contributed by atoms with E-state index in [0.717, 1.165) is 42.0 Å². The Hall–Kier alpha value is -3.42. The van der Waals surface area contributed by atoms with Gasteiger partial charge in [-0.05, 0) is 30.5 Å². The van der Waals surface area contributed by atoms with Crippen molar-refractivity contribution in [3.8, 4) is 16.9 Å². The van der Waals surface area contributed by atoms with Gasteiger partial charge in [0.05, 0.1) is 24.6 Å². The van der Waals surface area contributed by atoms with Crippen molar-refractivity contribution in [2.75, 3.05) is 25.9 Å². The molecule has 1 saturated heterocycles. The van der Waals surface area contributed by atoms with Gasteiger partial charge in [0.25, 0.3) is 5.91 Å². The molecule has 150 valence electrons. The maximum atomic E-state index is 12.9. The van der Waals surface area contributed by atoms with E-state index >= 15 is 0 Å². The average molecular weight is 392 g/mol. The number of hydrogen-bond acceptors (Lipinski definition) is 6. The zero-order valence-electron chi connectivity index (χ0n) is 16.6. The van der Waals surface area contributed by atoms with E-state index in [1.807, 2.05) is 29.2 Å². The fourth-order valence-corrected chi connectivity index (χ4v) is 3.81. The largest absolute Gasteiger partial charge is 0.497 e. The van der Waals surface area contributed by atoms with Gasteiger partial charge in [0.1, 0.15) is 5.75 Å². The fraction of sp³-hybridized carbons (Fsp3) is 0.333. The van der Waals surface area contributed by atoms with Gasteiger partial charge in [-0.3, -0.25) is 9.48 Å². The number of methoxy groups -OCH3 is 1. The number of carbonyl (C=O) groups is 1. The number of amides is 1. The van der Waals surface area contributed by atoms with Crippen LogP contribution in [0, 0.1) is 0 Å². The molecule has 0 spiro atoms. The number of anilines is 1. The lowest BCUT2D eigenvalue weighted by atomic mass is 9.89. The number of nitrogens with two attached hydrogens (primary N) is 1. The Labute approximate surface area is 169 Å². The van der Waals surface area contributed by atoms with Gasteiger partial charge in [-0.1, -0.05) is 12.1 Å². The van der Waals surface area contributed by atoms with Crippen LogP contribution in [0.3, 0.4) is 0 Å². The molecule has 0 unspecified atom stereocenters. The van der Waals surface area contributed by atoms with Crippen molar-refractivity contribution >= 4 is 11.9 Å². The van der Waals surface area contributed by atoms with Crippen molar-refractivity contribution in [3.63, 3.8) is 0 Å². The molecule has 0 radical (unpaired) electrons. The minimum absolute atomic E-state index is 0.00387. The monoisotopic (exact) mass is 392 g/mol. The Morgan fingerprint density at radius 3 is 2.72 bits per heavy atom. The number of likely N-dealkylation sites (tertiary alicyclic amines) is 1. The minimum Gasteiger partial charge on any atom is -0.497 e. The van der Waals surface area contributed by atoms with Crippen LogP contribution in [0.15, 0.2) is 42.9 Å². The number of rotatable bonds is 4. The summed E-state index contributed by atoms with van der Waals surface area (Å²) in [6.45, 7) is 1.32. The molecule has 0 bridgehead atoms. The van der Waals surface area contributed by atoms with Crippen molar-refractivity contribution in [2.45, 2.75) is 18.8 Å². The van der Waals surface area contributed by atoms with Crippen LogP contribution < -0.4 is 10.5 Å². The highest BCUT2D eigenvalue weighted by atomic mass is 16.5. The predicted octanol–water partition coefficient (Wildman–Crippen LogP) is 2.49. The molecule has 1 atom stereocenters. The second-order valence-electron chi connectivity index (χ2n) is 7.25. The van der Waals surface area contributed by atoms with Crippen LogP contribution in [0.5, 0.6) is 5.75 Å². The smallest absolute Gasteiger partial charge is 0.257 e. The molecule has 4 rings (SSSR count). The van der Waals surface area contributed by atoms with E-state index in [4.69, 9.17) is 10.5 Å². The van der Waals surface area contributed by atoms with Crippen molar-refractivity contribution in [1.29, 1.82) is 0 Å². The summed E-state index contributed by atoms with van der Waals surface area (Å²) in [5.41, 5.74) is 9.33. The van der Waals surface area contributed by atoms with Gasteiger partial charge in [-0.15, -0.1) is 0 Å². The summed E-state index contributed by atoms with van der Waals surface area (Å²) >= 11 is 0. The predicted molar refractivity (Wildman–Crippen MR) is 110 cm³/mol. The molecule has 0 aliphatic carbocycles. The van der Waals surface area contributed by atoms with E-state index in [0.29, 0.717) is 12.1 Å². The number of aryl methyl sites for hydroxylation is 1. The third-order valence-corrected chi connectivity index (χ3v) is 5.29. The average Bonchev–Trinajstić information content (AvgIpc) is 3.19. The topological polar surface area (TPSA) is 99.2 Å². The van der Waals surface area contributed by atoms with Crippen LogP contribution in [0.2, 0.25) is 0 Å². The van der Waals surface area contributed by atoms with E-state index in [-0.39, 0.29) is 17.8 Å². The highest BCUT2D eigenvalue weighted by Gasteiger charge is 2.29. The first-order chi connectivity index (χ1) is 14.0. The van der Waals surface area contributed by atoms with Gasteiger partial charge in [-0.25, -0.2) is 9.97 Å². The second kappa shape index (κ2) is 7.90. The number of aromatic nitrogens is 4. The van der Waals surface area contributed by atoms with Crippen LogP contribution in [-0.4, -0.2) is 50.8 Å². The maximum absolute atomic E-state index is 12.9. The molecule has 2 N–H and O–H groups in total. The zero-order valence-corrected chi connectivity index (χ0v) is 16.6. The lowest BCUT2D eigenvalue weighted by Crippen LogP contribution is -2.39. The summed E-state index contributed by atoms with van der Waals surface area (Å²) in [7, 11) is 3.45. The summed E-state index contributed by atoms with van der Waals surface area (Å²) in [5.74, 6) is 1.12. The van der Waals surface area contributed by atoms with Gasteiger partial charge in [-0.2, -0.15) is 5.10 Å². The zero-order chi connectivity index (χ0) is 20.4. The molecular formula is C21H24N6O2. The van der Waals surface area contributed by atoms with E-state index in [1.165, 1.54) is 0 Å². The SMILES string of the molecule is COc1ccc(-c2cnc(N)nc2[C@H]2CCCN(C(=O)c3cnn(C)c3)C2)cc1. The van der Waals surface area contributed by atoms with Crippen LogP contribution in [0.25, 0.3) is 11.1 Å². The van der Waals surface area contributed by atoms with Gasteiger partial charge in [0.15, 0.2) is 0 Å². The molecule has 0 saturated carbocycles. The first-order valence-electron chi connectivity index (χ1n) is 9.60. The Kier molecular flexibility index (Phi) is 5.16. The number of ether oxygens (including phenoxy) is 1. The summed E-state index contributed by atoms with van der Waals surface area (Å²) in [6, 6.07) is 7.79. The quantitative estimate of drug-likeness (QED) is 0.732. The Bertz CT molecular complexity index is 1010. The summed E-state index contributed by atoms with van der Waals surface area (Å²) < 4.78 is 6.89. The van der Waals surface area contributed by atoms with E-state index in [2.05, 4.69) is 15.1 Å². The normalized spacial score (nSPS) is 16.6. The number of piperidine rings is 1.